The van der Waals surface area contributed by atoms with Crippen LogP contribution < -0.4 is 4.74 Å². The summed E-state index contributed by atoms with van der Waals surface area (Å²) in [5, 5.41) is 0. The van der Waals surface area contributed by atoms with Crippen LogP contribution >= 0.6 is 0 Å². The second kappa shape index (κ2) is 7.00. The fraction of sp³-hybridized carbons (Fsp3) is 0.158. The maximum atomic E-state index is 12.5. The number of nitrogens with zero attached hydrogens (tertiary/aromatic N) is 3. The molecule has 0 aliphatic carbocycles. The first-order chi connectivity index (χ1) is 11.6. The Morgan fingerprint density at radius 1 is 1.12 bits per heavy atom. The summed E-state index contributed by atoms with van der Waals surface area (Å²) in [5.74, 6) is 1.18. The van der Waals surface area contributed by atoms with Crippen LogP contribution in [0.1, 0.15) is 16.1 Å². The van der Waals surface area contributed by atoms with Gasteiger partial charge in [0.1, 0.15) is 11.4 Å². The predicted molar refractivity (Wildman–Crippen MR) is 92.0 cm³/mol. The lowest BCUT2D eigenvalue weighted by atomic mass is 10.2. The molecule has 122 valence electrons. The number of hydrogen-bond acceptors (Lipinski definition) is 3. The molecule has 3 rings (SSSR count). The topological polar surface area (TPSA) is 47.4 Å². The summed E-state index contributed by atoms with van der Waals surface area (Å²) in [6, 6.07) is 16.9. The molecule has 0 aliphatic rings. The first kappa shape index (κ1) is 15.8. The van der Waals surface area contributed by atoms with Crippen LogP contribution in [0.4, 0.5) is 0 Å². The second-order valence-corrected chi connectivity index (χ2v) is 5.55. The van der Waals surface area contributed by atoms with E-state index < -0.39 is 0 Å². The molecular formula is C19H19N3O2. The van der Waals surface area contributed by atoms with Crippen molar-refractivity contribution in [2.45, 2.75) is 6.54 Å². The van der Waals surface area contributed by atoms with Gasteiger partial charge in [-0.05, 0) is 30.3 Å². The maximum Gasteiger partial charge on any atom is 0.270 e. The van der Waals surface area contributed by atoms with E-state index in [1.807, 2.05) is 72.4 Å². The molecule has 0 unspecified atom stereocenters. The molecule has 2 heterocycles. The molecule has 0 N–H and O–H groups in total. The minimum atomic E-state index is -0.0444. The van der Waals surface area contributed by atoms with Crippen molar-refractivity contribution in [2.75, 3.05) is 7.05 Å². The number of rotatable bonds is 5. The number of amides is 1. The Balaban J connectivity index is 1.78. The largest absolute Gasteiger partial charge is 0.439 e. The molecule has 5 heteroatoms. The molecule has 5 nitrogen and oxygen atoms in total. The fourth-order valence-corrected chi connectivity index (χ4v) is 2.44. The Labute approximate surface area is 141 Å². The number of carbonyl (C=O) groups excluding carboxylic acids is 1. The van der Waals surface area contributed by atoms with E-state index in [-0.39, 0.29) is 5.91 Å². The molecule has 1 aromatic carbocycles. The molecule has 2 aromatic heterocycles. The third-order valence-electron chi connectivity index (χ3n) is 3.72. The van der Waals surface area contributed by atoms with Crippen molar-refractivity contribution in [1.29, 1.82) is 0 Å². The van der Waals surface area contributed by atoms with Crippen LogP contribution in [-0.2, 0) is 13.6 Å². The lowest BCUT2D eigenvalue weighted by Crippen LogP contribution is -2.28. The van der Waals surface area contributed by atoms with Gasteiger partial charge in [0.2, 0.25) is 5.88 Å². The zero-order valence-corrected chi connectivity index (χ0v) is 13.7. The van der Waals surface area contributed by atoms with Crippen LogP contribution in [0.25, 0.3) is 0 Å². The third kappa shape index (κ3) is 3.46. The van der Waals surface area contributed by atoms with Crippen LogP contribution in [0.3, 0.4) is 0 Å². The van der Waals surface area contributed by atoms with Crippen molar-refractivity contribution < 1.29 is 9.53 Å². The summed E-state index contributed by atoms with van der Waals surface area (Å²) in [5.41, 5.74) is 1.50. The number of hydrogen-bond donors (Lipinski definition) is 0. The van der Waals surface area contributed by atoms with Gasteiger partial charge in [-0.1, -0.05) is 24.3 Å². The van der Waals surface area contributed by atoms with Crippen molar-refractivity contribution in [3.63, 3.8) is 0 Å². The van der Waals surface area contributed by atoms with Crippen LogP contribution in [0.15, 0.2) is 67.0 Å². The van der Waals surface area contributed by atoms with Crippen LogP contribution in [0.2, 0.25) is 0 Å². The minimum Gasteiger partial charge on any atom is -0.439 e. The zero-order valence-electron chi connectivity index (χ0n) is 13.7. The predicted octanol–water partition coefficient (Wildman–Crippen LogP) is 3.48. The number of carbonyl (C=O) groups is 1. The van der Waals surface area contributed by atoms with E-state index >= 15 is 0 Å². The van der Waals surface area contributed by atoms with Crippen molar-refractivity contribution in [1.82, 2.24) is 14.5 Å². The number of aromatic nitrogens is 2. The lowest BCUT2D eigenvalue weighted by molar-refractivity contribution is 0.0775. The molecule has 0 radical (unpaired) electrons. The quantitative estimate of drug-likeness (QED) is 0.723. The van der Waals surface area contributed by atoms with E-state index in [1.54, 1.807) is 18.1 Å². The summed E-state index contributed by atoms with van der Waals surface area (Å²) < 4.78 is 7.66. The molecule has 1 amide bonds. The van der Waals surface area contributed by atoms with E-state index in [0.29, 0.717) is 23.9 Å². The van der Waals surface area contributed by atoms with Gasteiger partial charge in [-0.15, -0.1) is 0 Å². The standard InChI is InChI=1S/C19H19N3O2/c1-21-13-7-11-17(21)19(23)22(2)14-15-8-6-12-20-18(15)24-16-9-4-3-5-10-16/h3-13H,14H2,1-2H3. The molecule has 24 heavy (non-hydrogen) atoms. The number of para-hydroxylation sites is 1. The molecule has 0 saturated heterocycles. The van der Waals surface area contributed by atoms with Crippen molar-refractivity contribution in [3.8, 4) is 11.6 Å². The average Bonchev–Trinajstić information content (AvgIpc) is 3.03. The molecule has 3 aromatic rings. The molecule has 0 saturated carbocycles. The van der Waals surface area contributed by atoms with E-state index in [1.165, 1.54) is 0 Å². The van der Waals surface area contributed by atoms with Gasteiger partial charge < -0.3 is 14.2 Å². The first-order valence-corrected chi connectivity index (χ1v) is 7.69. The van der Waals surface area contributed by atoms with Crippen LogP contribution in [0.5, 0.6) is 11.6 Å². The van der Waals surface area contributed by atoms with Gasteiger partial charge in [-0.2, -0.15) is 0 Å². The van der Waals surface area contributed by atoms with Crippen molar-refractivity contribution in [2.24, 2.45) is 7.05 Å². The van der Waals surface area contributed by atoms with Gasteiger partial charge in [-0.25, -0.2) is 4.98 Å². The highest BCUT2D eigenvalue weighted by atomic mass is 16.5. The Morgan fingerprint density at radius 3 is 2.62 bits per heavy atom. The fourth-order valence-electron chi connectivity index (χ4n) is 2.44. The Morgan fingerprint density at radius 2 is 1.92 bits per heavy atom. The SMILES string of the molecule is CN(Cc1cccnc1Oc1ccccc1)C(=O)c1cccn1C. The number of pyridine rings is 1. The Hall–Kier alpha value is -3.08. The number of ether oxygens (including phenoxy) is 1. The van der Waals surface area contributed by atoms with Gasteiger partial charge in [0.05, 0.1) is 6.54 Å². The maximum absolute atomic E-state index is 12.5. The minimum absolute atomic E-state index is 0.0444. The Kier molecular flexibility index (Phi) is 4.61. The van der Waals surface area contributed by atoms with Crippen molar-refractivity contribution >= 4 is 5.91 Å². The summed E-state index contributed by atoms with van der Waals surface area (Å²) >= 11 is 0. The second-order valence-electron chi connectivity index (χ2n) is 5.55. The lowest BCUT2D eigenvalue weighted by Gasteiger charge is -2.19. The summed E-state index contributed by atoms with van der Waals surface area (Å²) in [6.45, 7) is 0.417. The molecule has 0 fully saturated rings. The van der Waals surface area contributed by atoms with Crippen LogP contribution in [-0.4, -0.2) is 27.4 Å². The highest BCUT2D eigenvalue weighted by Crippen LogP contribution is 2.23. The highest BCUT2D eigenvalue weighted by Gasteiger charge is 2.17. The third-order valence-corrected chi connectivity index (χ3v) is 3.72. The smallest absolute Gasteiger partial charge is 0.270 e. The van der Waals surface area contributed by atoms with Gasteiger partial charge >= 0.3 is 0 Å². The zero-order chi connectivity index (χ0) is 16.9. The number of aryl methyl sites for hydroxylation is 1. The van der Waals surface area contributed by atoms with Gasteiger partial charge in [0.15, 0.2) is 0 Å². The van der Waals surface area contributed by atoms with E-state index in [9.17, 15) is 4.79 Å². The highest BCUT2D eigenvalue weighted by molar-refractivity contribution is 5.92. The molecule has 0 bridgehead atoms. The van der Waals surface area contributed by atoms with Gasteiger partial charge in [-0.3, -0.25) is 4.79 Å². The van der Waals surface area contributed by atoms with E-state index in [4.69, 9.17) is 4.74 Å². The van der Waals surface area contributed by atoms with Gasteiger partial charge in [0.25, 0.3) is 5.91 Å². The number of benzene rings is 1. The normalized spacial score (nSPS) is 10.4. The van der Waals surface area contributed by atoms with Gasteiger partial charge in [0, 0.05) is 32.1 Å². The molecule has 0 spiro atoms. The summed E-state index contributed by atoms with van der Waals surface area (Å²) in [7, 11) is 3.63. The first-order valence-electron chi connectivity index (χ1n) is 7.69. The monoisotopic (exact) mass is 321 g/mol. The average molecular weight is 321 g/mol. The molecule has 0 aliphatic heterocycles. The van der Waals surface area contributed by atoms with E-state index in [0.717, 1.165) is 5.56 Å². The Bertz CT molecular complexity index is 827. The molecule has 0 atom stereocenters. The summed E-state index contributed by atoms with van der Waals surface area (Å²) in [6.07, 6.45) is 3.54. The summed E-state index contributed by atoms with van der Waals surface area (Å²) in [4.78, 5) is 18.5. The van der Waals surface area contributed by atoms with E-state index in [2.05, 4.69) is 4.98 Å². The van der Waals surface area contributed by atoms with Crippen LogP contribution in [0, 0.1) is 0 Å². The van der Waals surface area contributed by atoms with Crippen molar-refractivity contribution in [3.05, 3.63) is 78.2 Å². The molecular weight excluding hydrogens is 302 g/mol.